The summed E-state index contributed by atoms with van der Waals surface area (Å²) < 4.78 is 1.64. The van der Waals surface area contributed by atoms with Gasteiger partial charge in [-0.2, -0.15) is 0 Å². The Kier molecular flexibility index (Phi) is 5.49. The standard InChI is InChI=1S/C9H18N4OS/c1-3-5-10-6-7-15-9-12-11-8(14)13(9)4-2/h10H,3-7H2,1-2H3,(H,11,14). The van der Waals surface area contributed by atoms with Gasteiger partial charge in [-0.15, -0.1) is 5.10 Å². The van der Waals surface area contributed by atoms with Gasteiger partial charge in [0.1, 0.15) is 0 Å². The molecule has 6 heteroatoms. The molecule has 0 atom stereocenters. The lowest BCUT2D eigenvalue weighted by Gasteiger charge is -2.03. The lowest BCUT2D eigenvalue weighted by molar-refractivity contribution is 0.658. The monoisotopic (exact) mass is 230 g/mol. The van der Waals surface area contributed by atoms with E-state index in [1.54, 1.807) is 16.3 Å². The third-order valence-corrected chi connectivity index (χ3v) is 2.95. The van der Waals surface area contributed by atoms with Crippen LogP contribution in [0.25, 0.3) is 0 Å². The molecule has 0 bridgehead atoms. The van der Waals surface area contributed by atoms with Crippen molar-refractivity contribution in [2.75, 3.05) is 18.8 Å². The highest BCUT2D eigenvalue weighted by atomic mass is 32.2. The van der Waals surface area contributed by atoms with Crippen molar-refractivity contribution < 1.29 is 0 Å². The largest absolute Gasteiger partial charge is 0.343 e. The first-order valence-electron chi connectivity index (χ1n) is 5.28. The van der Waals surface area contributed by atoms with Gasteiger partial charge < -0.3 is 5.32 Å². The Labute approximate surface area is 93.6 Å². The second-order valence-corrected chi connectivity index (χ2v) is 4.22. The summed E-state index contributed by atoms with van der Waals surface area (Å²) in [4.78, 5) is 11.2. The predicted molar refractivity (Wildman–Crippen MR) is 62.4 cm³/mol. The molecular formula is C9H18N4OS. The summed E-state index contributed by atoms with van der Waals surface area (Å²) in [6, 6.07) is 0. The van der Waals surface area contributed by atoms with Crippen LogP contribution in [0, 0.1) is 0 Å². The summed E-state index contributed by atoms with van der Waals surface area (Å²) in [6.07, 6.45) is 1.15. The van der Waals surface area contributed by atoms with Gasteiger partial charge in [0, 0.05) is 18.8 Å². The van der Waals surface area contributed by atoms with E-state index < -0.39 is 0 Å². The van der Waals surface area contributed by atoms with Crippen LogP contribution in [-0.4, -0.2) is 33.6 Å². The van der Waals surface area contributed by atoms with Gasteiger partial charge in [0.2, 0.25) is 0 Å². The molecule has 0 aliphatic carbocycles. The minimum atomic E-state index is -0.124. The quantitative estimate of drug-likeness (QED) is 0.534. The Balaban J connectivity index is 2.34. The molecule has 0 amide bonds. The van der Waals surface area contributed by atoms with Gasteiger partial charge in [0.05, 0.1) is 0 Å². The molecule has 15 heavy (non-hydrogen) atoms. The molecule has 2 N–H and O–H groups in total. The van der Waals surface area contributed by atoms with Crippen LogP contribution in [0.5, 0.6) is 0 Å². The SMILES string of the molecule is CCCNCCSc1n[nH]c(=O)n1CC. The van der Waals surface area contributed by atoms with Gasteiger partial charge in [-0.3, -0.25) is 4.57 Å². The molecule has 5 nitrogen and oxygen atoms in total. The summed E-state index contributed by atoms with van der Waals surface area (Å²) in [5.41, 5.74) is -0.124. The number of rotatable bonds is 7. The highest BCUT2D eigenvalue weighted by molar-refractivity contribution is 7.99. The van der Waals surface area contributed by atoms with E-state index in [4.69, 9.17) is 0 Å². The van der Waals surface area contributed by atoms with Crippen molar-refractivity contribution in [2.24, 2.45) is 0 Å². The van der Waals surface area contributed by atoms with Gasteiger partial charge in [-0.25, -0.2) is 9.89 Å². The summed E-state index contributed by atoms with van der Waals surface area (Å²) in [5.74, 6) is 0.935. The van der Waals surface area contributed by atoms with Gasteiger partial charge in [0.15, 0.2) is 5.16 Å². The van der Waals surface area contributed by atoms with Crippen LogP contribution in [0.15, 0.2) is 9.95 Å². The molecule has 0 radical (unpaired) electrons. The van der Waals surface area contributed by atoms with E-state index in [0.29, 0.717) is 6.54 Å². The van der Waals surface area contributed by atoms with E-state index in [1.807, 2.05) is 6.92 Å². The molecule has 0 spiro atoms. The van der Waals surface area contributed by atoms with Crippen LogP contribution < -0.4 is 11.0 Å². The lowest BCUT2D eigenvalue weighted by Crippen LogP contribution is -2.19. The number of nitrogens with zero attached hydrogens (tertiary/aromatic N) is 2. The number of aromatic amines is 1. The van der Waals surface area contributed by atoms with Crippen molar-refractivity contribution in [1.29, 1.82) is 0 Å². The number of hydrogen-bond acceptors (Lipinski definition) is 4. The minimum Gasteiger partial charge on any atom is -0.316 e. The topological polar surface area (TPSA) is 62.7 Å². The Hall–Kier alpha value is -0.750. The molecule has 1 aromatic rings. The number of thioether (sulfide) groups is 1. The van der Waals surface area contributed by atoms with Crippen molar-refractivity contribution in [3.63, 3.8) is 0 Å². The maximum atomic E-state index is 11.2. The summed E-state index contributed by atoms with van der Waals surface area (Å²) >= 11 is 1.60. The zero-order chi connectivity index (χ0) is 11.1. The van der Waals surface area contributed by atoms with Gasteiger partial charge >= 0.3 is 5.69 Å². The maximum Gasteiger partial charge on any atom is 0.343 e. The zero-order valence-corrected chi connectivity index (χ0v) is 10.1. The molecular weight excluding hydrogens is 212 g/mol. The van der Waals surface area contributed by atoms with Crippen molar-refractivity contribution in [1.82, 2.24) is 20.1 Å². The Morgan fingerprint density at radius 3 is 2.93 bits per heavy atom. The normalized spacial score (nSPS) is 10.8. The average molecular weight is 230 g/mol. The first kappa shape index (κ1) is 12.3. The molecule has 1 aromatic heterocycles. The Morgan fingerprint density at radius 1 is 1.47 bits per heavy atom. The van der Waals surface area contributed by atoms with Crippen LogP contribution in [0.2, 0.25) is 0 Å². The second kappa shape index (κ2) is 6.68. The summed E-state index contributed by atoms with van der Waals surface area (Å²) in [7, 11) is 0. The fourth-order valence-corrected chi connectivity index (χ4v) is 2.12. The van der Waals surface area contributed by atoms with Gasteiger partial charge in [0.25, 0.3) is 0 Å². The van der Waals surface area contributed by atoms with Crippen LogP contribution >= 0.6 is 11.8 Å². The summed E-state index contributed by atoms with van der Waals surface area (Å²) in [6.45, 7) is 6.74. The van der Waals surface area contributed by atoms with E-state index in [2.05, 4.69) is 22.4 Å². The van der Waals surface area contributed by atoms with Crippen LogP contribution in [0.1, 0.15) is 20.3 Å². The van der Waals surface area contributed by atoms with Gasteiger partial charge in [-0.05, 0) is 19.9 Å². The molecule has 1 rings (SSSR count). The van der Waals surface area contributed by atoms with E-state index >= 15 is 0 Å². The third-order valence-electron chi connectivity index (χ3n) is 1.98. The van der Waals surface area contributed by atoms with Crippen molar-refractivity contribution in [3.05, 3.63) is 10.5 Å². The minimum absolute atomic E-state index is 0.124. The van der Waals surface area contributed by atoms with E-state index in [9.17, 15) is 4.79 Å². The zero-order valence-electron chi connectivity index (χ0n) is 9.25. The highest BCUT2D eigenvalue weighted by Gasteiger charge is 2.05. The molecule has 0 saturated heterocycles. The fourth-order valence-electron chi connectivity index (χ4n) is 1.21. The molecule has 0 fully saturated rings. The first-order valence-corrected chi connectivity index (χ1v) is 6.26. The third kappa shape index (κ3) is 3.71. The molecule has 1 heterocycles. The lowest BCUT2D eigenvalue weighted by atomic mass is 10.5. The number of hydrogen-bond donors (Lipinski definition) is 2. The highest BCUT2D eigenvalue weighted by Crippen LogP contribution is 2.11. The number of aromatic nitrogens is 3. The molecule has 0 aliphatic rings. The number of nitrogens with one attached hydrogen (secondary N) is 2. The Bertz CT molecular complexity index is 333. The molecule has 86 valence electrons. The molecule has 0 aliphatic heterocycles. The average Bonchev–Trinajstić information content (AvgIpc) is 2.59. The fraction of sp³-hybridized carbons (Fsp3) is 0.778. The van der Waals surface area contributed by atoms with Crippen LogP contribution in [0.4, 0.5) is 0 Å². The molecule has 0 aromatic carbocycles. The van der Waals surface area contributed by atoms with E-state index in [-0.39, 0.29) is 5.69 Å². The van der Waals surface area contributed by atoms with E-state index in [0.717, 1.165) is 30.4 Å². The molecule has 0 unspecified atom stereocenters. The molecule has 0 saturated carbocycles. The summed E-state index contributed by atoms with van der Waals surface area (Å²) in [5, 5.41) is 10.5. The van der Waals surface area contributed by atoms with Crippen molar-refractivity contribution in [2.45, 2.75) is 32.0 Å². The Morgan fingerprint density at radius 2 is 2.27 bits per heavy atom. The van der Waals surface area contributed by atoms with Crippen LogP contribution in [0.3, 0.4) is 0 Å². The van der Waals surface area contributed by atoms with Crippen molar-refractivity contribution >= 4 is 11.8 Å². The van der Waals surface area contributed by atoms with Gasteiger partial charge in [-0.1, -0.05) is 18.7 Å². The predicted octanol–water partition coefficient (Wildman–Crippen LogP) is 0.683. The number of H-pyrrole nitrogens is 1. The van der Waals surface area contributed by atoms with Crippen molar-refractivity contribution in [3.8, 4) is 0 Å². The van der Waals surface area contributed by atoms with Crippen LogP contribution in [-0.2, 0) is 6.54 Å². The van der Waals surface area contributed by atoms with E-state index in [1.165, 1.54) is 0 Å². The first-order chi connectivity index (χ1) is 7.29. The second-order valence-electron chi connectivity index (χ2n) is 3.15. The smallest absolute Gasteiger partial charge is 0.316 e. The maximum absolute atomic E-state index is 11.2.